The van der Waals surface area contributed by atoms with Gasteiger partial charge < -0.3 is 10.1 Å². The number of benzene rings is 1. The molecule has 1 aromatic carbocycles. The van der Waals surface area contributed by atoms with Crippen molar-refractivity contribution < 1.29 is 17.9 Å². The average molecular weight is 289 g/mol. The number of ether oxygens (including phenoxy) is 1. The summed E-state index contributed by atoms with van der Waals surface area (Å²) in [6, 6.07) is 5.30. The molecular weight excluding hydrogens is 267 g/mol. The van der Waals surface area contributed by atoms with E-state index in [1.807, 2.05) is 0 Å². The van der Waals surface area contributed by atoms with Crippen molar-refractivity contribution in [1.29, 1.82) is 0 Å². The highest BCUT2D eigenvalue weighted by Gasteiger charge is 2.34. The van der Waals surface area contributed by atoms with Gasteiger partial charge in [-0.2, -0.15) is 13.2 Å². The van der Waals surface area contributed by atoms with Gasteiger partial charge in [-0.25, -0.2) is 0 Å². The molecule has 2 nitrogen and oxygen atoms in total. The molecule has 0 saturated heterocycles. The third-order valence-electron chi connectivity index (χ3n) is 2.85. The van der Waals surface area contributed by atoms with Crippen molar-refractivity contribution in [3.63, 3.8) is 0 Å². The Labute approximate surface area is 118 Å². The highest BCUT2D eigenvalue weighted by Crippen LogP contribution is 2.36. The van der Waals surface area contributed by atoms with Crippen LogP contribution in [0.3, 0.4) is 0 Å². The van der Waals surface area contributed by atoms with Crippen molar-refractivity contribution in [1.82, 2.24) is 5.32 Å². The predicted octanol–water partition coefficient (Wildman–Crippen LogP) is 4.11. The Hall–Kier alpha value is -1.23. The minimum Gasteiger partial charge on any atom is -0.489 e. The fraction of sp³-hybridized carbons (Fsp3) is 0.600. The summed E-state index contributed by atoms with van der Waals surface area (Å²) < 4.78 is 43.8. The van der Waals surface area contributed by atoms with E-state index in [-0.39, 0.29) is 11.9 Å². The molecule has 1 unspecified atom stereocenters. The second kappa shape index (κ2) is 7.53. The topological polar surface area (TPSA) is 21.3 Å². The number of halogens is 3. The van der Waals surface area contributed by atoms with E-state index in [0.29, 0.717) is 12.5 Å². The Morgan fingerprint density at radius 2 is 1.80 bits per heavy atom. The van der Waals surface area contributed by atoms with E-state index in [1.165, 1.54) is 12.1 Å². The van der Waals surface area contributed by atoms with Gasteiger partial charge in [-0.1, -0.05) is 26.0 Å². The summed E-state index contributed by atoms with van der Waals surface area (Å²) >= 11 is 0. The quantitative estimate of drug-likeness (QED) is 0.763. The molecule has 1 atom stereocenters. The zero-order valence-electron chi connectivity index (χ0n) is 12.1. The SMILES string of the molecule is CC(C)CCNCC(C)Oc1ccccc1C(F)(F)F. The molecule has 1 N–H and O–H groups in total. The van der Waals surface area contributed by atoms with Crippen LogP contribution in [-0.2, 0) is 6.18 Å². The molecule has 0 fully saturated rings. The number of para-hydroxylation sites is 1. The third kappa shape index (κ3) is 5.82. The molecule has 0 aromatic heterocycles. The van der Waals surface area contributed by atoms with E-state index in [4.69, 9.17) is 4.74 Å². The van der Waals surface area contributed by atoms with Crippen LogP contribution < -0.4 is 10.1 Å². The zero-order chi connectivity index (χ0) is 15.2. The predicted molar refractivity (Wildman–Crippen MR) is 73.9 cm³/mol. The van der Waals surface area contributed by atoms with E-state index in [1.54, 1.807) is 13.0 Å². The van der Waals surface area contributed by atoms with Crippen molar-refractivity contribution in [3.8, 4) is 5.75 Å². The van der Waals surface area contributed by atoms with E-state index < -0.39 is 11.7 Å². The van der Waals surface area contributed by atoms with Crippen LogP contribution in [0.25, 0.3) is 0 Å². The molecule has 0 aliphatic rings. The fourth-order valence-corrected chi connectivity index (χ4v) is 1.76. The summed E-state index contributed by atoms with van der Waals surface area (Å²) in [5, 5.41) is 3.19. The molecule has 20 heavy (non-hydrogen) atoms. The van der Waals surface area contributed by atoms with Gasteiger partial charge >= 0.3 is 6.18 Å². The lowest BCUT2D eigenvalue weighted by atomic mass is 10.1. The monoisotopic (exact) mass is 289 g/mol. The second-order valence-corrected chi connectivity index (χ2v) is 5.31. The third-order valence-corrected chi connectivity index (χ3v) is 2.85. The van der Waals surface area contributed by atoms with Crippen LogP contribution in [0.1, 0.15) is 32.8 Å². The van der Waals surface area contributed by atoms with Crippen LogP contribution in [0.5, 0.6) is 5.75 Å². The normalized spacial score (nSPS) is 13.6. The zero-order valence-corrected chi connectivity index (χ0v) is 12.1. The van der Waals surface area contributed by atoms with E-state index >= 15 is 0 Å². The van der Waals surface area contributed by atoms with Gasteiger partial charge in [0, 0.05) is 6.54 Å². The van der Waals surface area contributed by atoms with Crippen molar-refractivity contribution in [3.05, 3.63) is 29.8 Å². The van der Waals surface area contributed by atoms with E-state index in [9.17, 15) is 13.2 Å². The summed E-state index contributed by atoms with van der Waals surface area (Å²) in [4.78, 5) is 0. The highest BCUT2D eigenvalue weighted by atomic mass is 19.4. The van der Waals surface area contributed by atoms with Crippen molar-refractivity contribution in [2.45, 2.75) is 39.5 Å². The Kier molecular flexibility index (Phi) is 6.33. The molecule has 0 spiro atoms. The standard InChI is InChI=1S/C15H22F3NO/c1-11(2)8-9-19-10-12(3)20-14-7-5-4-6-13(14)15(16,17)18/h4-7,11-12,19H,8-10H2,1-3H3. The molecule has 0 heterocycles. The molecule has 0 radical (unpaired) electrons. The lowest BCUT2D eigenvalue weighted by Gasteiger charge is -2.19. The Morgan fingerprint density at radius 1 is 1.15 bits per heavy atom. The van der Waals surface area contributed by atoms with Gasteiger partial charge in [-0.15, -0.1) is 0 Å². The van der Waals surface area contributed by atoms with Crippen LogP contribution >= 0.6 is 0 Å². The first kappa shape index (κ1) is 16.8. The number of hydrogen-bond donors (Lipinski definition) is 1. The molecule has 0 saturated carbocycles. The first-order chi connectivity index (χ1) is 9.30. The van der Waals surface area contributed by atoms with Crippen LogP contribution in [0.2, 0.25) is 0 Å². The average Bonchev–Trinajstić information content (AvgIpc) is 2.34. The van der Waals surface area contributed by atoms with Crippen LogP contribution in [-0.4, -0.2) is 19.2 Å². The van der Waals surface area contributed by atoms with Gasteiger partial charge in [0.2, 0.25) is 0 Å². The van der Waals surface area contributed by atoms with Crippen molar-refractivity contribution >= 4 is 0 Å². The molecule has 5 heteroatoms. The maximum absolute atomic E-state index is 12.8. The first-order valence-corrected chi connectivity index (χ1v) is 6.84. The number of hydrogen-bond acceptors (Lipinski definition) is 2. The Balaban J connectivity index is 2.52. The summed E-state index contributed by atoms with van der Waals surface area (Å²) in [6.45, 7) is 7.38. The lowest BCUT2D eigenvalue weighted by molar-refractivity contribution is -0.139. The highest BCUT2D eigenvalue weighted by molar-refractivity contribution is 5.35. The molecule has 0 aliphatic heterocycles. The summed E-state index contributed by atoms with van der Waals surface area (Å²) in [5.41, 5.74) is -0.728. The van der Waals surface area contributed by atoms with Gasteiger partial charge in [0.05, 0.1) is 5.56 Å². The van der Waals surface area contributed by atoms with Crippen molar-refractivity contribution in [2.75, 3.05) is 13.1 Å². The molecule has 0 bridgehead atoms. The number of rotatable bonds is 7. The van der Waals surface area contributed by atoms with Gasteiger partial charge in [-0.05, 0) is 37.9 Å². The first-order valence-electron chi connectivity index (χ1n) is 6.84. The minimum absolute atomic E-state index is 0.113. The molecule has 1 aromatic rings. The maximum atomic E-state index is 12.8. The molecule has 0 aliphatic carbocycles. The second-order valence-electron chi connectivity index (χ2n) is 5.31. The molecule has 1 rings (SSSR count). The lowest BCUT2D eigenvalue weighted by Crippen LogP contribution is -2.30. The van der Waals surface area contributed by atoms with Crippen LogP contribution in [0, 0.1) is 5.92 Å². The Bertz CT molecular complexity index is 404. The Morgan fingerprint density at radius 3 is 2.40 bits per heavy atom. The fourth-order valence-electron chi connectivity index (χ4n) is 1.76. The largest absolute Gasteiger partial charge is 0.489 e. The van der Waals surface area contributed by atoms with E-state index in [2.05, 4.69) is 19.2 Å². The molecule has 114 valence electrons. The number of nitrogens with one attached hydrogen (secondary N) is 1. The molecule has 0 amide bonds. The summed E-state index contributed by atoms with van der Waals surface area (Å²) in [7, 11) is 0. The van der Waals surface area contributed by atoms with Gasteiger partial charge in [0.15, 0.2) is 0 Å². The number of alkyl halides is 3. The van der Waals surface area contributed by atoms with Gasteiger partial charge in [0.25, 0.3) is 0 Å². The molecular formula is C15H22F3NO. The summed E-state index contributed by atoms with van der Waals surface area (Å²) in [6.07, 6.45) is -3.67. The van der Waals surface area contributed by atoms with Crippen LogP contribution in [0.4, 0.5) is 13.2 Å². The van der Waals surface area contributed by atoms with Crippen LogP contribution in [0.15, 0.2) is 24.3 Å². The summed E-state index contributed by atoms with van der Waals surface area (Å²) in [5.74, 6) is 0.489. The maximum Gasteiger partial charge on any atom is 0.419 e. The minimum atomic E-state index is -4.39. The van der Waals surface area contributed by atoms with E-state index in [0.717, 1.165) is 19.0 Å². The van der Waals surface area contributed by atoms with Gasteiger partial charge in [0.1, 0.15) is 11.9 Å². The van der Waals surface area contributed by atoms with Crippen molar-refractivity contribution in [2.24, 2.45) is 5.92 Å². The smallest absolute Gasteiger partial charge is 0.419 e. The van der Waals surface area contributed by atoms with Gasteiger partial charge in [-0.3, -0.25) is 0 Å².